The van der Waals surface area contributed by atoms with Crippen LogP contribution in [0.2, 0.25) is 0 Å². The van der Waals surface area contributed by atoms with Gasteiger partial charge in [0, 0.05) is 18.5 Å². The number of methoxy groups -OCH3 is 2. The largest absolute Gasteiger partial charge is 0.493 e. The van der Waals surface area contributed by atoms with Gasteiger partial charge in [-0.2, -0.15) is 0 Å². The third kappa shape index (κ3) is 3.45. The minimum Gasteiger partial charge on any atom is -0.493 e. The van der Waals surface area contributed by atoms with Gasteiger partial charge >= 0.3 is 5.97 Å². The average molecular weight is 345 g/mol. The predicted molar refractivity (Wildman–Crippen MR) is 91.6 cm³/mol. The Morgan fingerprint density at radius 1 is 1.28 bits per heavy atom. The van der Waals surface area contributed by atoms with Crippen LogP contribution in [-0.4, -0.2) is 41.6 Å². The molecule has 1 aliphatic rings. The number of esters is 1. The van der Waals surface area contributed by atoms with E-state index in [0.29, 0.717) is 31.1 Å². The van der Waals surface area contributed by atoms with Gasteiger partial charge in [0.05, 0.1) is 26.7 Å². The van der Waals surface area contributed by atoms with Crippen LogP contribution in [0, 0.1) is 5.92 Å². The van der Waals surface area contributed by atoms with Crippen molar-refractivity contribution in [2.45, 2.75) is 32.7 Å². The van der Waals surface area contributed by atoms with Gasteiger partial charge in [0.1, 0.15) is 5.82 Å². The lowest BCUT2D eigenvalue weighted by Gasteiger charge is -2.22. The molecule has 1 aromatic heterocycles. The van der Waals surface area contributed by atoms with E-state index < -0.39 is 0 Å². The third-order valence-corrected chi connectivity index (χ3v) is 4.36. The van der Waals surface area contributed by atoms with Crippen LogP contribution in [0.25, 0.3) is 11.4 Å². The molecule has 0 bridgehead atoms. The first-order valence-corrected chi connectivity index (χ1v) is 8.49. The number of hydrogen-bond acceptors (Lipinski definition) is 6. The molecule has 1 aliphatic heterocycles. The Hall–Kier alpha value is -2.57. The molecule has 3 rings (SSSR count). The second-order valence-corrected chi connectivity index (χ2v) is 6.02. The van der Waals surface area contributed by atoms with Crippen molar-refractivity contribution in [2.75, 3.05) is 20.8 Å². The molecular formula is C18H23N3O4. The highest BCUT2D eigenvalue weighted by atomic mass is 16.5. The minimum atomic E-state index is -0.189. The molecule has 0 aliphatic carbocycles. The molecule has 0 radical (unpaired) electrons. The number of hydrogen-bond donors (Lipinski definition) is 0. The van der Waals surface area contributed by atoms with E-state index in [1.54, 1.807) is 7.11 Å². The van der Waals surface area contributed by atoms with E-state index in [1.807, 2.05) is 22.8 Å². The fourth-order valence-electron chi connectivity index (χ4n) is 3.04. The first-order valence-electron chi connectivity index (χ1n) is 8.49. The molecule has 0 amide bonds. The van der Waals surface area contributed by atoms with Crippen molar-refractivity contribution in [3.63, 3.8) is 0 Å². The van der Waals surface area contributed by atoms with Crippen LogP contribution < -0.4 is 9.47 Å². The summed E-state index contributed by atoms with van der Waals surface area (Å²) in [5.41, 5.74) is 0.880. The molecule has 0 fully saturated rings. The van der Waals surface area contributed by atoms with Crippen molar-refractivity contribution < 1.29 is 19.0 Å². The summed E-state index contributed by atoms with van der Waals surface area (Å²) in [4.78, 5) is 11.9. The van der Waals surface area contributed by atoms with E-state index >= 15 is 0 Å². The summed E-state index contributed by atoms with van der Waals surface area (Å²) >= 11 is 0. The molecule has 7 nitrogen and oxygen atoms in total. The van der Waals surface area contributed by atoms with E-state index in [0.717, 1.165) is 30.1 Å². The Kier molecular flexibility index (Phi) is 5.21. The number of aryl methyl sites for hydroxylation is 1. The number of rotatable bonds is 6. The van der Waals surface area contributed by atoms with Crippen LogP contribution >= 0.6 is 0 Å². The van der Waals surface area contributed by atoms with Gasteiger partial charge in [-0.25, -0.2) is 0 Å². The van der Waals surface area contributed by atoms with Gasteiger partial charge in [0.15, 0.2) is 17.3 Å². The summed E-state index contributed by atoms with van der Waals surface area (Å²) in [6, 6.07) is 5.71. The zero-order valence-electron chi connectivity index (χ0n) is 14.8. The molecule has 1 atom stereocenters. The molecule has 0 N–H and O–H groups in total. The molecule has 134 valence electrons. The van der Waals surface area contributed by atoms with Gasteiger partial charge in [0.2, 0.25) is 0 Å². The molecule has 7 heteroatoms. The number of carbonyl (C=O) groups is 1. The van der Waals surface area contributed by atoms with Gasteiger partial charge in [-0.3, -0.25) is 4.79 Å². The Morgan fingerprint density at radius 3 is 2.84 bits per heavy atom. The maximum Gasteiger partial charge on any atom is 0.310 e. The molecule has 0 saturated carbocycles. The quantitative estimate of drug-likeness (QED) is 0.749. The molecule has 2 aromatic rings. The van der Waals surface area contributed by atoms with Crippen LogP contribution in [0.15, 0.2) is 18.2 Å². The van der Waals surface area contributed by atoms with Gasteiger partial charge in [-0.1, -0.05) is 6.92 Å². The predicted octanol–water partition coefficient (Wildman–Crippen LogP) is 2.48. The van der Waals surface area contributed by atoms with Gasteiger partial charge < -0.3 is 18.8 Å². The number of aromatic nitrogens is 3. The van der Waals surface area contributed by atoms with E-state index in [-0.39, 0.29) is 11.9 Å². The zero-order chi connectivity index (χ0) is 17.8. The number of nitrogens with zero attached hydrogens (tertiary/aromatic N) is 3. The molecule has 1 aromatic carbocycles. The molecule has 2 heterocycles. The standard InChI is InChI=1S/C18H23N3O4/c1-4-9-25-14-7-5-12(10-15(14)23-2)17-20-19-16-8-6-13(11-21(16)17)18(22)24-3/h5,7,10,13H,4,6,8-9,11H2,1-3H3. The number of fused-ring (bicyclic) bond motifs is 1. The molecular weight excluding hydrogens is 322 g/mol. The van der Waals surface area contributed by atoms with E-state index in [9.17, 15) is 4.79 Å². The van der Waals surface area contributed by atoms with Crippen LogP contribution in [-0.2, 0) is 22.5 Å². The van der Waals surface area contributed by atoms with Crippen molar-refractivity contribution in [3.05, 3.63) is 24.0 Å². The van der Waals surface area contributed by atoms with Crippen molar-refractivity contribution in [1.82, 2.24) is 14.8 Å². The average Bonchev–Trinajstić information content (AvgIpc) is 3.08. The van der Waals surface area contributed by atoms with Crippen molar-refractivity contribution in [3.8, 4) is 22.9 Å². The Labute approximate surface area is 146 Å². The van der Waals surface area contributed by atoms with Crippen molar-refractivity contribution in [2.24, 2.45) is 5.92 Å². The fraction of sp³-hybridized carbons (Fsp3) is 0.500. The fourth-order valence-corrected chi connectivity index (χ4v) is 3.04. The first kappa shape index (κ1) is 17.3. The van der Waals surface area contributed by atoms with E-state index in [1.165, 1.54) is 7.11 Å². The number of ether oxygens (including phenoxy) is 3. The molecule has 1 unspecified atom stereocenters. The van der Waals surface area contributed by atoms with Gasteiger partial charge in [-0.15, -0.1) is 10.2 Å². The highest BCUT2D eigenvalue weighted by Crippen LogP contribution is 2.33. The molecule has 0 spiro atoms. The Bertz CT molecular complexity index is 757. The topological polar surface area (TPSA) is 75.5 Å². The van der Waals surface area contributed by atoms with Crippen molar-refractivity contribution >= 4 is 5.97 Å². The van der Waals surface area contributed by atoms with Crippen LogP contribution in [0.1, 0.15) is 25.6 Å². The van der Waals surface area contributed by atoms with E-state index in [4.69, 9.17) is 14.2 Å². The SMILES string of the molecule is CCCOc1ccc(-c2nnc3n2CC(C(=O)OC)CC3)cc1OC. The normalized spacial score (nSPS) is 16.2. The first-order chi connectivity index (χ1) is 12.2. The second kappa shape index (κ2) is 7.55. The number of benzene rings is 1. The summed E-state index contributed by atoms with van der Waals surface area (Å²) in [5, 5.41) is 8.59. The summed E-state index contributed by atoms with van der Waals surface area (Å²) in [6.45, 7) is 3.22. The summed E-state index contributed by atoms with van der Waals surface area (Å²) < 4.78 is 18.0. The third-order valence-electron chi connectivity index (χ3n) is 4.36. The lowest BCUT2D eigenvalue weighted by molar-refractivity contribution is -0.146. The Morgan fingerprint density at radius 2 is 2.12 bits per heavy atom. The lowest BCUT2D eigenvalue weighted by Crippen LogP contribution is -2.28. The Balaban J connectivity index is 1.91. The van der Waals surface area contributed by atoms with Crippen molar-refractivity contribution in [1.29, 1.82) is 0 Å². The molecule has 25 heavy (non-hydrogen) atoms. The number of carbonyl (C=O) groups excluding carboxylic acids is 1. The zero-order valence-corrected chi connectivity index (χ0v) is 14.8. The minimum absolute atomic E-state index is 0.165. The summed E-state index contributed by atoms with van der Waals surface area (Å²) in [7, 11) is 3.04. The van der Waals surface area contributed by atoms with Gasteiger partial charge in [-0.05, 0) is 31.0 Å². The second-order valence-electron chi connectivity index (χ2n) is 6.02. The van der Waals surface area contributed by atoms with Gasteiger partial charge in [0.25, 0.3) is 0 Å². The molecule has 0 saturated heterocycles. The summed E-state index contributed by atoms with van der Waals surface area (Å²) in [6.07, 6.45) is 2.37. The van der Waals surface area contributed by atoms with Crippen LogP contribution in [0.5, 0.6) is 11.5 Å². The van der Waals surface area contributed by atoms with E-state index in [2.05, 4.69) is 17.1 Å². The smallest absolute Gasteiger partial charge is 0.310 e. The maximum atomic E-state index is 11.9. The maximum absolute atomic E-state index is 11.9. The monoisotopic (exact) mass is 345 g/mol. The summed E-state index contributed by atoms with van der Waals surface area (Å²) in [5.74, 6) is 2.62. The lowest BCUT2D eigenvalue weighted by atomic mass is 9.99. The van der Waals surface area contributed by atoms with Crippen LogP contribution in [0.4, 0.5) is 0 Å². The van der Waals surface area contributed by atoms with Crippen LogP contribution in [0.3, 0.4) is 0 Å². The highest BCUT2D eigenvalue weighted by molar-refractivity contribution is 5.72. The highest BCUT2D eigenvalue weighted by Gasteiger charge is 2.28.